The Morgan fingerprint density at radius 3 is 3.08 bits per heavy atom. The minimum atomic E-state index is 0.00311. The van der Waals surface area contributed by atoms with Crippen LogP contribution in [0.1, 0.15) is 22.5 Å². The van der Waals surface area contributed by atoms with E-state index in [9.17, 15) is 4.79 Å². The number of aryl methyl sites for hydroxylation is 1. The normalized spacial score (nSPS) is 17.8. The van der Waals surface area contributed by atoms with E-state index in [1.165, 1.54) is 16.9 Å². The highest BCUT2D eigenvalue weighted by molar-refractivity contribution is 7.07. The summed E-state index contributed by atoms with van der Waals surface area (Å²) < 4.78 is 5.84. The number of anilines is 1. The molecular formula is C17H22N4O2S. The molecule has 0 N–H and O–H groups in total. The lowest BCUT2D eigenvalue weighted by Crippen LogP contribution is -2.45. The molecule has 2 aromatic heterocycles. The first-order valence-electron chi connectivity index (χ1n) is 8.05. The number of rotatable bonds is 5. The Morgan fingerprint density at radius 2 is 2.33 bits per heavy atom. The predicted octanol–water partition coefficient (Wildman–Crippen LogP) is 2.08. The Morgan fingerprint density at radius 1 is 1.46 bits per heavy atom. The summed E-state index contributed by atoms with van der Waals surface area (Å²) in [5.74, 6) is 0.959. The summed E-state index contributed by atoms with van der Waals surface area (Å²) in [6.45, 7) is 1.84. The van der Waals surface area contributed by atoms with Gasteiger partial charge < -0.3 is 14.5 Å². The topological polar surface area (TPSA) is 58.6 Å². The van der Waals surface area contributed by atoms with Crippen LogP contribution in [-0.2, 0) is 11.2 Å². The van der Waals surface area contributed by atoms with Crippen molar-refractivity contribution < 1.29 is 9.53 Å². The molecular weight excluding hydrogens is 324 g/mol. The van der Waals surface area contributed by atoms with E-state index in [4.69, 9.17) is 4.74 Å². The molecule has 0 aromatic carbocycles. The maximum atomic E-state index is 12.4. The summed E-state index contributed by atoms with van der Waals surface area (Å²) in [7, 11) is 3.97. The molecule has 0 saturated carbocycles. The third-order valence-corrected chi connectivity index (χ3v) is 4.69. The lowest BCUT2D eigenvalue weighted by atomic mass is 10.1. The van der Waals surface area contributed by atoms with Gasteiger partial charge in [-0.3, -0.25) is 4.79 Å². The number of pyridine rings is 1. The van der Waals surface area contributed by atoms with Crippen molar-refractivity contribution >= 4 is 23.1 Å². The number of aromatic nitrogens is 2. The van der Waals surface area contributed by atoms with Gasteiger partial charge in [0.25, 0.3) is 5.91 Å². The number of amides is 1. The fraction of sp³-hybridized carbons (Fsp3) is 0.471. The number of morpholine rings is 1. The summed E-state index contributed by atoms with van der Waals surface area (Å²) in [5, 5.41) is 1.80. The Balaban J connectivity index is 1.56. The highest BCUT2D eigenvalue weighted by Gasteiger charge is 2.25. The molecule has 0 bridgehead atoms. The summed E-state index contributed by atoms with van der Waals surface area (Å²) in [6.07, 6.45) is 3.70. The molecule has 1 atom stereocenters. The molecule has 0 spiro atoms. The number of carbonyl (C=O) groups is 1. The molecule has 1 aliphatic rings. The average Bonchev–Trinajstić information content (AvgIpc) is 3.14. The standard InChI is InChI=1S/C17H22N4O2S/c1-20(2)16-9-13(5-6-18-16)3-4-14-10-21(7-8-23-14)17(22)15-11-24-12-19-15/h5-6,9,11-12,14H,3-4,7-8,10H2,1-2H3/t14-/m0/s1. The quantitative estimate of drug-likeness (QED) is 0.830. The van der Waals surface area contributed by atoms with Gasteiger partial charge in [-0.2, -0.15) is 0 Å². The Labute approximate surface area is 146 Å². The highest BCUT2D eigenvalue weighted by Crippen LogP contribution is 2.17. The van der Waals surface area contributed by atoms with Crippen LogP contribution in [-0.4, -0.2) is 60.7 Å². The zero-order valence-electron chi connectivity index (χ0n) is 14.0. The van der Waals surface area contributed by atoms with Crippen molar-refractivity contribution in [2.24, 2.45) is 0 Å². The number of hydrogen-bond donors (Lipinski definition) is 0. The molecule has 1 saturated heterocycles. The largest absolute Gasteiger partial charge is 0.375 e. The van der Waals surface area contributed by atoms with Gasteiger partial charge in [0, 0.05) is 38.8 Å². The van der Waals surface area contributed by atoms with Gasteiger partial charge in [-0.05, 0) is 30.5 Å². The second-order valence-corrected chi connectivity index (χ2v) is 6.79. The van der Waals surface area contributed by atoms with E-state index in [0.717, 1.165) is 18.7 Å². The van der Waals surface area contributed by atoms with Gasteiger partial charge in [0.05, 0.1) is 18.2 Å². The Hall–Kier alpha value is -1.99. The molecule has 24 heavy (non-hydrogen) atoms. The van der Waals surface area contributed by atoms with Crippen LogP contribution >= 0.6 is 11.3 Å². The average molecular weight is 346 g/mol. The van der Waals surface area contributed by atoms with E-state index in [1.54, 1.807) is 10.9 Å². The van der Waals surface area contributed by atoms with Gasteiger partial charge in [-0.1, -0.05) is 0 Å². The number of hydrogen-bond acceptors (Lipinski definition) is 6. The minimum absolute atomic E-state index is 0.00311. The minimum Gasteiger partial charge on any atom is -0.375 e. The molecule has 7 heteroatoms. The van der Waals surface area contributed by atoms with E-state index in [-0.39, 0.29) is 12.0 Å². The summed E-state index contributed by atoms with van der Waals surface area (Å²) in [6, 6.07) is 4.13. The fourth-order valence-electron chi connectivity index (χ4n) is 2.75. The van der Waals surface area contributed by atoms with Gasteiger partial charge >= 0.3 is 0 Å². The Kier molecular flexibility index (Phi) is 5.42. The van der Waals surface area contributed by atoms with E-state index >= 15 is 0 Å². The van der Waals surface area contributed by atoms with Crippen LogP contribution in [0.5, 0.6) is 0 Å². The van der Waals surface area contributed by atoms with Crippen molar-refractivity contribution in [1.82, 2.24) is 14.9 Å². The number of nitrogens with zero attached hydrogens (tertiary/aromatic N) is 4. The lowest BCUT2D eigenvalue weighted by Gasteiger charge is -2.32. The van der Waals surface area contributed by atoms with Crippen molar-refractivity contribution in [2.45, 2.75) is 18.9 Å². The molecule has 0 unspecified atom stereocenters. The first-order valence-corrected chi connectivity index (χ1v) is 8.99. The molecule has 128 valence electrons. The molecule has 2 aromatic rings. The molecule has 0 aliphatic carbocycles. The van der Waals surface area contributed by atoms with Crippen molar-refractivity contribution in [3.8, 4) is 0 Å². The van der Waals surface area contributed by atoms with E-state index in [1.807, 2.05) is 36.2 Å². The zero-order valence-corrected chi connectivity index (χ0v) is 14.8. The highest BCUT2D eigenvalue weighted by atomic mass is 32.1. The first-order chi connectivity index (χ1) is 11.6. The van der Waals surface area contributed by atoms with E-state index in [0.29, 0.717) is 25.4 Å². The number of carbonyl (C=O) groups excluding carboxylic acids is 1. The molecule has 1 amide bonds. The fourth-order valence-corrected chi connectivity index (χ4v) is 3.27. The van der Waals surface area contributed by atoms with Crippen molar-refractivity contribution in [3.63, 3.8) is 0 Å². The second-order valence-electron chi connectivity index (χ2n) is 6.07. The first kappa shape index (κ1) is 16.9. The van der Waals surface area contributed by atoms with Crippen molar-refractivity contribution in [3.05, 3.63) is 40.5 Å². The third-order valence-electron chi connectivity index (χ3n) is 4.10. The second kappa shape index (κ2) is 7.72. The van der Waals surface area contributed by atoms with Crippen molar-refractivity contribution in [2.75, 3.05) is 38.7 Å². The predicted molar refractivity (Wildman–Crippen MR) is 94.6 cm³/mol. The third kappa shape index (κ3) is 4.10. The molecule has 1 fully saturated rings. The van der Waals surface area contributed by atoms with Crippen LogP contribution in [0.4, 0.5) is 5.82 Å². The molecule has 3 rings (SSSR count). The molecule has 1 aliphatic heterocycles. The van der Waals surface area contributed by atoms with Crippen LogP contribution in [0.25, 0.3) is 0 Å². The van der Waals surface area contributed by atoms with E-state index in [2.05, 4.69) is 16.0 Å². The SMILES string of the molecule is CN(C)c1cc(CC[C@H]2CN(C(=O)c3cscn3)CCO2)ccn1. The van der Waals surface area contributed by atoms with Crippen LogP contribution in [0.3, 0.4) is 0 Å². The zero-order chi connectivity index (χ0) is 16.9. The number of thiazole rings is 1. The maximum Gasteiger partial charge on any atom is 0.273 e. The lowest BCUT2D eigenvalue weighted by molar-refractivity contribution is -0.0247. The van der Waals surface area contributed by atoms with Crippen LogP contribution in [0.2, 0.25) is 0 Å². The molecule has 3 heterocycles. The Bertz CT molecular complexity index is 675. The van der Waals surface area contributed by atoms with Gasteiger partial charge in [0.2, 0.25) is 0 Å². The maximum absolute atomic E-state index is 12.4. The van der Waals surface area contributed by atoms with Crippen LogP contribution in [0, 0.1) is 0 Å². The molecule has 0 radical (unpaired) electrons. The van der Waals surface area contributed by atoms with Gasteiger partial charge in [0.1, 0.15) is 11.5 Å². The van der Waals surface area contributed by atoms with Gasteiger partial charge in [-0.15, -0.1) is 11.3 Å². The van der Waals surface area contributed by atoms with Crippen LogP contribution < -0.4 is 4.90 Å². The van der Waals surface area contributed by atoms with E-state index < -0.39 is 0 Å². The smallest absolute Gasteiger partial charge is 0.273 e. The van der Waals surface area contributed by atoms with Crippen molar-refractivity contribution in [1.29, 1.82) is 0 Å². The van der Waals surface area contributed by atoms with Gasteiger partial charge in [-0.25, -0.2) is 9.97 Å². The monoisotopic (exact) mass is 346 g/mol. The van der Waals surface area contributed by atoms with Gasteiger partial charge in [0.15, 0.2) is 0 Å². The summed E-state index contributed by atoms with van der Waals surface area (Å²) in [4.78, 5) is 24.7. The summed E-state index contributed by atoms with van der Waals surface area (Å²) in [5.41, 5.74) is 3.46. The summed E-state index contributed by atoms with van der Waals surface area (Å²) >= 11 is 1.44. The number of ether oxygens (including phenoxy) is 1. The molecule has 6 nitrogen and oxygen atoms in total. The van der Waals surface area contributed by atoms with Crippen LogP contribution in [0.15, 0.2) is 29.2 Å².